The van der Waals surface area contributed by atoms with Gasteiger partial charge in [-0.1, -0.05) is 6.92 Å². The SMILES string of the molecule is CCNC1C2CN(C(C)(C)C)CC21. The van der Waals surface area contributed by atoms with Crippen LogP contribution in [0.25, 0.3) is 0 Å². The first-order chi connectivity index (χ1) is 6.04. The molecule has 1 saturated heterocycles. The lowest BCUT2D eigenvalue weighted by Gasteiger charge is -2.33. The fourth-order valence-electron chi connectivity index (χ4n) is 2.61. The van der Waals surface area contributed by atoms with Crippen LogP contribution in [-0.2, 0) is 0 Å². The average molecular weight is 182 g/mol. The van der Waals surface area contributed by atoms with Gasteiger partial charge >= 0.3 is 0 Å². The van der Waals surface area contributed by atoms with Crippen LogP contribution in [0.3, 0.4) is 0 Å². The van der Waals surface area contributed by atoms with Crippen molar-refractivity contribution in [2.45, 2.75) is 39.3 Å². The van der Waals surface area contributed by atoms with Crippen LogP contribution in [0.4, 0.5) is 0 Å². The molecule has 1 aliphatic carbocycles. The summed E-state index contributed by atoms with van der Waals surface area (Å²) in [5, 5.41) is 3.57. The molecule has 13 heavy (non-hydrogen) atoms. The lowest BCUT2D eigenvalue weighted by atomic mass is 10.1. The molecular formula is C11H22N2. The van der Waals surface area contributed by atoms with Gasteiger partial charge < -0.3 is 5.32 Å². The molecule has 0 radical (unpaired) electrons. The summed E-state index contributed by atoms with van der Waals surface area (Å²) in [6.45, 7) is 12.9. The fraction of sp³-hybridized carbons (Fsp3) is 1.00. The first-order valence-electron chi connectivity index (χ1n) is 5.52. The Kier molecular flexibility index (Phi) is 2.16. The van der Waals surface area contributed by atoms with Gasteiger partial charge in [-0.25, -0.2) is 0 Å². The third-order valence-electron chi connectivity index (χ3n) is 3.58. The van der Waals surface area contributed by atoms with Crippen LogP contribution in [0.2, 0.25) is 0 Å². The van der Waals surface area contributed by atoms with Crippen molar-refractivity contribution < 1.29 is 0 Å². The zero-order valence-electron chi connectivity index (χ0n) is 9.30. The Morgan fingerprint density at radius 3 is 2.15 bits per heavy atom. The maximum Gasteiger partial charge on any atom is 0.0155 e. The third kappa shape index (κ3) is 1.62. The number of rotatable bonds is 2. The van der Waals surface area contributed by atoms with Crippen molar-refractivity contribution in [3.05, 3.63) is 0 Å². The van der Waals surface area contributed by atoms with Gasteiger partial charge in [0.2, 0.25) is 0 Å². The second kappa shape index (κ2) is 2.96. The van der Waals surface area contributed by atoms with Crippen LogP contribution in [-0.4, -0.2) is 36.1 Å². The number of hydrogen-bond donors (Lipinski definition) is 1. The molecule has 0 aromatic heterocycles. The van der Waals surface area contributed by atoms with Crippen LogP contribution in [0, 0.1) is 11.8 Å². The molecule has 2 heteroatoms. The molecule has 2 atom stereocenters. The van der Waals surface area contributed by atoms with Gasteiger partial charge in [0.1, 0.15) is 0 Å². The zero-order chi connectivity index (χ0) is 9.64. The molecule has 2 rings (SSSR count). The summed E-state index contributed by atoms with van der Waals surface area (Å²) in [6, 6.07) is 0.851. The van der Waals surface area contributed by atoms with E-state index in [0.717, 1.165) is 24.4 Å². The Bertz CT molecular complexity index is 183. The summed E-state index contributed by atoms with van der Waals surface area (Å²) in [5.41, 5.74) is 0.379. The average Bonchev–Trinajstić information content (AvgIpc) is 2.50. The standard InChI is InChI=1S/C11H22N2/c1-5-12-10-8-6-13(7-9(8)10)11(2,3)4/h8-10,12H,5-7H2,1-4H3. The Morgan fingerprint density at radius 2 is 1.77 bits per heavy atom. The highest BCUT2D eigenvalue weighted by Gasteiger charge is 2.56. The van der Waals surface area contributed by atoms with E-state index in [1.807, 2.05) is 0 Å². The number of likely N-dealkylation sites (tertiary alicyclic amines) is 1. The summed E-state index contributed by atoms with van der Waals surface area (Å²) in [4.78, 5) is 2.62. The summed E-state index contributed by atoms with van der Waals surface area (Å²) in [6.07, 6.45) is 0. The van der Waals surface area contributed by atoms with Crippen LogP contribution < -0.4 is 5.32 Å². The maximum atomic E-state index is 3.57. The minimum Gasteiger partial charge on any atom is -0.314 e. The van der Waals surface area contributed by atoms with E-state index in [1.54, 1.807) is 0 Å². The second-order valence-corrected chi connectivity index (χ2v) is 5.49. The smallest absolute Gasteiger partial charge is 0.0155 e. The molecule has 0 bridgehead atoms. The van der Waals surface area contributed by atoms with Gasteiger partial charge in [-0.05, 0) is 39.2 Å². The minimum absolute atomic E-state index is 0.379. The van der Waals surface area contributed by atoms with Gasteiger partial charge in [0.15, 0.2) is 0 Å². The maximum absolute atomic E-state index is 3.57. The molecule has 0 amide bonds. The van der Waals surface area contributed by atoms with Crippen molar-refractivity contribution in [3.8, 4) is 0 Å². The summed E-state index contributed by atoms with van der Waals surface area (Å²) in [5.74, 6) is 1.92. The lowest BCUT2D eigenvalue weighted by Crippen LogP contribution is -2.43. The summed E-state index contributed by atoms with van der Waals surface area (Å²) >= 11 is 0. The molecule has 1 saturated carbocycles. The zero-order valence-corrected chi connectivity index (χ0v) is 9.30. The van der Waals surface area contributed by atoms with Crippen molar-refractivity contribution >= 4 is 0 Å². The molecule has 1 aliphatic heterocycles. The molecule has 76 valence electrons. The van der Waals surface area contributed by atoms with E-state index in [-0.39, 0.29) is 0 Å². The Labute approximate surface area is 81.7 Å². The van der Waals surface area contributed by atoms with Gasteiger partial charge in [0.25, 0.3) is 0 Å². The van der Waals surface area contributed by atoms with Crippen LogP contribution >= 0.6 is 0 Å². The van der Waals surface area contributed by atoms with Crippen molar-refractivity contribution in [1.29, 1.82) is 0 Å². The van der Waals surface area contributed by atoms with Gasteiger partial charge in [-0.2, -0.15) is 0 Å². The molecule has 2 fully saturated rings. The third-order valence-corrected chi connectivity index (χ3v) is 3.58. The van der Waals surface area contributed by atoms with Crippen molar-refractivity contribution in [3.63, 3.8) is 0 Å². The van der Waals surface area contributed by atoms with Gasteiger partial charge in [0, 0.05) is 24.7 Å². The lowest BCUT2D eigenvalue weighted by molar-refractivity contribution is 0.150. The molecule has 0 aromatic rings. The summed E-state index contributed by atoms with van der Waals surface area (Å²) in [7, 11) is 0. The van der Waals surface area contributed by atoms with Gasteiger partial charge in [-0.3, -0.25) is 4.90 Å². The van der Waals surface area contributed by atoms with E-state index in [9.17, 15) is 0 Å². The van der Waals surface area contributed by atoms with E-state index < -0.39 is 0 Å². The second-order valence-electron chi connectivity index (χ2n) is 5.49. The molecule has 2 nitrogen and oxygen atoms in total. The van der Waals surface area contributed by atoms with Crippen LogP contribution in [0.1, 0.15) is 27.7 Å². The van der Waals surface area contributed by atoms with E-state index in [4.69, 9.17) is 0 Å². The van der Waals surface area contributed by atoms with Crippen LogP contribution in [0.5, 0.6) is 0 Å². The van der Waals surface area contributed by atoms with E-state index >= 15 is 0 Å². The predicted molar refractivity (Wildman–Crippen MR) is 55.8 cm³/mol. The number of hydrogen-bond acceptors (Lipinski definition) is 2. The summed E-state index contributed by atoms with van der Waals surface area (Å²) < 4.78 is 0. The number of nitrogens with zero attached hydrogens (tertiary/aromatic N) is 1. The van der Waals surface area contributed by atoms with E-state index in [2.05, 4.69) is 37.9 Å². The fourth-order valence-corrected chi connectivity index (χ4v) is 2.61. The molecular weight excluding hydrogens is 160 g/mol. The minimum atomic E-state index is 0.379. The molecule has 0 aromatic carbocycles. The Morgan fingerprint density at radius 1 is 1.23 bits per heavy atom. The van der Waals surface area contributed by atoms with Gasteiger partial charge in [0.05, 0.1) is 0 Å². The quantitative estimate of drug-likeness (QED) is 0.693. The highest BCUT2D eigenvalue weighted by molar-refractivity contribution is 5.11. The largest absolute Gasteiger partial charge is 0.314 e. The number of piperidine rings is 1. The normalized spacial score (nSPS) is 39.2. The monoisotopic (exact) mass is 182 g/mol. The first kappa shape index (κ1) is 9.47. The highest BCUT2D eigenvalue weighted by atomic mass is 15.3. The van der Waals surface area contributed by atoms with Crippen molar-refractivity contribution in [2.24, 2.45) is 11.8 Å². The first-order valence-corrected chi connectivity index (χ1v) is 5.52. The van der Waals surface area contributed by atoms with Crippen molar-refractivity contribution in [2.75, 3.05) is 19.6 Å². The molecule has 1 heterocycles. The Hall–Kier alpha value is -0.0800. The Balaban J connectivity index is 1.83. The molecule has 0 spiro atoms. The number of fused-ring (bicyclic) bond motifs is 1. The molecule has 2 unspecified atom stereocenters. The van der Waals surface area contributed by atoms with Gasteiger partial charge in [-0.15, -0.1) is 0 Å². The predicted octanol–water partition coefficient (Wildman–Crippen LogP) is 1.32. The molecule has 1 N–H and O–H groups in total. The van der Waals surface area contributed by atoms with E-state index in [1.165, 1.54) is 13.1 Å². The topological polar surface area (TPSA) is 15.3 Å². The van der Waals surface area contributed by atoms with Crippen molar-refractivity contribution in [1.82, 2.24) is 10.2 Å². The van der Waals surface area contributed by atoms with Crippen LogP contribution in [0.15, 0.2) is 0 Å². The highest BCUT2D eigenvalue weighted by Crippen LogP contribution is 2.47. The number of nitrogens with one attached hydrogen (secondary N) is 1. The molecule has 2 aliphatic rings. The van der Waals surface area contributed by atoms with E-state index in [0.29, 0.717) is 5.54 Å².